The minimum absolute atomic E-state index is 0.229. The summed E-state index contributed by atoms with van der Waals surface area (Å²) in [5.41, 5.74) is 8.17. The molecular weight excluding hydrogens is 520 g/mol. The van der Waals surface area contributed by atoms with E-state index in [1.807, 2.05) is 67.6 Å². The maximum Gasteiger partial charge on any atom is 0.384 e. The lowest BCUT2D eigenvalue weighted by molar-refractivity contribution is -0.142. The Labute approximate surface area is 248 Å². The number of hydrogen-bond acceptors (Lipinski definition) is 4. The zero-order chi connectivity index (χ0) is 29.6. The van der Waals surface area contributed by atoms with Crippen LogP contribution in [0.5, 0.6) is 0 Å². The number of benzene rings is 4. The highest BCUT2D eigenvalue weighted by Crippen LogP contribution is 2.37. The molecule has 0 aromatic heterocycles. The van der Waals surface area contributed by atoms with Gasteiger partial charge < -0.3 is 9.47 Å². The molecule has 0 N–H and O–H groups in total. The van der Waals surface area contributed by atoms with Crippen molar-refractivity contribution in [2.24, 2.45) is 0 Å². The van der Waals surface area contributed by atoms with Gasteiger partial charge in [-0.2, -0.15) is 0 Å². The van der Waals surface area contributed by atoms with Gasteiger partial charge in [0, 0.05) is 24.0 Å². The van der Waals surface area contributed by atoms with Crippen LogP contribution in [-0.2, 0) is 19.1 Å². The zero-order valence-electron chi connectivity index (χ0n) is 23.9. The SMILES string of the molecule is CC#Cc1ccc(C(=C(c2ccccc2)c2ccc(C#CC(=O)OCCCCOC(C)=O)cc2)c2ccccc2)cc1. The number of carbonyl (C=O) groups excluding carboxylic acids is 2. The fraction of sp³-hybridized carbons (Fsp3) is 0.158. The van der Waals surface area contributed by atoms with Crippen molar-refractivity contribution >= 4 is 23.1 Å². The molecule has 4 aromatic rings. The molecule has 0 atom stereocenters. The molecule has 0 aliphatic carbocycles. The molecule has 4 nitrogen and oxygen atoms in total. The summed E-state index contributed by atoms with van der Waals surface area (Å²) >= 11 is 0. The molecule has 0 radical (unpaired) electrons. The molecule has 0 bridgehead atoms. The average Bonchev–Trinajstić information content (AvgIpc) is 3.02. The van der Waals surface area contributed by atoms with Crippen LogP contribution < -0.4 is 0 Å². The highest BCUT2D eigenvalue weighted by Gasteiger charge is 2.16. The van der Waals surface area contributed by atoms with Crippen molar-refractivity contribution in [2.45, 2.75) is 26.7 Å². The van der Waals surface area contributed by atoms with Crippen LogP contribution in [0.25, 0.3) is 11.1 Å². The Bertz CT molecular complexity index is 1640. The van der Waals surface area contributed by atoms with Crippen LogP contribution in [0, 0.1) is 23.7 Å². The van der Waals surface area contributed by atoms with Crippen LogP contribution in [0.1, 0.15) is 60.1 Å². The lowest BCUT2D eigenvalue weighted by atomic mass is 9.85. The standard InChI is InChI=1S/C38H32O4/c1-3-12-30-17-22-34(23-18-30)37(32-13-6-4-7-14-32)38(33-15-8-5-9-16-33)35-24-19-31(20-25-35)21-26-36(40)42-28-11-10-27-41-29(2)39/h4-9,13-20,22-25H,10-11,27-28H2,1-2H3. The predicted molar refractivity (Wildman–Crippen MR) is 167 cm³/mol. The number of hydrogen-bond donors (Lipinski definition) is 0. The van der Waals surface area contributed by atoms with Gasteiger partial charge in [-0.1, -0.05) is 96.8 Å². The number of carbonyl (C=O) groups is 2. The van der Waals surface area contributed by atoms with E-state index >= 15 is 0 Å². The van der Waals surface area contributed by atoms with E-state index in [1.165, 1.54) is 6.92 Å². The first kappa shape index (κ1) is 29.7. The topological polar surface area (TPSA) is 52.6 Å². The molecule has 4 rings (SSSR count). The van der Waals surface area contributed by atoms with E-state index in [-0.39, 0.29) is 12.6 Å². The summed E-state index contributed by atoms with van der Waals surface area (Å²) < 4.78 is 10.0. The molecule has 0 aliphatic heterocycles. The molecule has 0 saturated carbocycles. The molecule has 208 valence electrons. The first-order valence-electron chi connectivity index (χ1n) is 13.9. The first-order valence-corrected chi connectivity index (χ1v) is 13.9. The normalized spacial score (nSPS) is 10.7. The summed E-state index contributed by atoms with van der Waals surface area (Å²) in [6, 6.07) is 36.9. The van der Waals surface area contributed by atoms with Gasteiger partial charge in [0.25, 0.3) is 0 Å². The van der Waals surface area contributed by atoms with Crippen molar-refractivity contribution in [3.8, 4) is 23.7 Å². The van der Waals surface area contributed by atoms with Gasteiger partial charge in [-0.25, -0.2) is 4.79 Å². The van der Waals surface area contributed by atoms with Crippen LogP contribution in [-0.4, -0.2) is 25.2 Å². The van der Waals surface area contributed by atoms with E-state index in [4.69, 9.17) is 9.47 Å². The second-order valence-corrected chi connectivity index (χ2v) is 9.44. The van der Waals surface area contributed by atoms with Crippen molar-refractivity contribution in [1.29, 1.82) is 0 Å². The summed E-state index contributed by atoms with van der Waals surface area (Å²) in [6.07, 6.45) is 1.23. The fourth-order valence-electron chi connectivity index (χ4n) is 4.45. The van der Waals surface area contributed by atoms with Crippen molar-refractivity contribution in [2.75, 3.05) is 13.2 Å². The van der Waals surface area contributed by atoms with Crippen LogP contribution in [0.4, 0.5) is 0 Å². The summed E-state index contributed by atoms with van der Waals surface area (Å²) in [5, 5.41) is 0. The molecule has 4 aromatic carbocycles. The molecule has 0 spiro atoms. The second kappa shape index (κ2) is 15.5. The van der Waals surface area contributed by atoms with E-state index in [0.29, 0.717) is 25.0 Å². The average molecular weight is 553 g/mol. The molecule has 0 saturated heterocycles. The second-order valence-electron chi connectivity index (χ2n) is 9.44. The number of esters is 2. The van der Waals surface area contributed by atoms with E-state index in [2.05, 4.69) is 72.2 Å². The number of ether oxygens (including phenoxy) is 2. The minimum atomic E-state index is -0.584. The lowest BCUT2D eigenvalue weighted by Crippen LogP contribution is -2.05. The first-order chi connectivity index (χ1) is 20.5. The van der Waals surface area contributed by atoms with Crippen molar-refractivity contribution in [3.63, 3.8) is 0 Å². The van der Waals surface area contributed by atoms with E-state index in [9.17, 15) is 9.59 Å². The van der Waals surface area contributed by atoms with Crippen molar-refractivity contribution in [1.82, 2.24) is 0 Å². The third-order valence-corrected chi connectivity index (χ3v) is 6.38. The van der Waals surface area contributed by atoms with Gasteiger partial charge in [-0.3, -0.25) is 4.79 Å². The molecule has 0 fully saturated rings. The molecule has 42 heavy (non-hydrogen) atoms. The van der Waals surface area contributed by atoms with Gasteiger partial charge in [-0.05, 0) is 77.4 Å². The van der Waals surface area contributed by atoms with Crippen molar-refractivity contribution < 1.29 is 19.1 Å². The van der Waals surface area contributed by atoms with Gasteiger partial charge in [0.1, 0.15) is 0 Å². The lowest BCUT2D eigenvalue weighted by Gasteiger charge is -2.18. The van der Waals surface area contributed by atoms with E-state index in [1.54, 1.807) is 0 Å². The molecule has 4 heteroatoms. The summed E-state index contributed by atoms with van der Waals surface area (Å²) in [6.45, 7) is 3.75. The van der Waals surface area contributed by atoms with Crippen LogP contribution in [0.15, 0.2) is 109 Å². The zero-order valence-corrected chi connectivity index (χ0v) is 23.9. The highest BCUT2D eigenvalue weighted by atomic mass is 16.5. The van der Waals surface area contributed by atoms with E-state index in [0.717, 1.165) is 39.0 Å². The Balaban J connectivity index is 1.65. The van der Waals surface area contributed by atoms with Gasteiger partial charge in [-0.15, -0.1) is 5.92 Å². The molecule has 0 amide bonds. The molecule has 0 aliphatic rings. The Morgan fingerprint density at radius 2 is 1.00 bits per heavy atom. The van der Waals surface area contributed by atoms with Gasteiger partial charge in [0.15, 0.2) is 0 Å². The maximum atomic E-state index is 12.1. The smallest absolute Gasteiger partial charge is 0.384 e. The van der Waals surface area contributed by atoms with Crippen LogP contribution in [0.3, 0.4) is 0 Å². The van der Waals surface area contributed by atoms with Gasteiger partial charge in [0.05, 0.1) is 13.2 Å². The summed E-state index contributed by atoms with van der Waals surface area (Å²) in [4.78, 5) is 22.9. The van der Waals surface area contributed by atoms with Crippen molar-refractivity contribution in [3.05, 3.63) is 143 Å². The Morgan fingerprint density at radius 3 is 1.45 bits per heavy atom. The van der Waals surface area contributed by atoms with Crippen LogP contribution >= 0.6 is 0 Å². The third-order valence-electron chi connectivity index (χ3n) is 6.38. The Kier molecular flexibility index (Phi) is 10.9. The summed E-state index contributed by atoms with van der Waals surface area (Å²) in [7, 11) is 0. The number of rotatable bonds is 9. The quantitative estimate of drug-likeness (QED) is 0.0946. The van der Waals surface area contributed by atoms with E-state index < -0.39 is 5.97 Å². The molecule has 0 unspecified atom stereocenters. The monoisotopic (exact) mass is 552 g/mol. The minimum Gasteiger partial charge on any atom is -0.466 e. The maximum absolute atomic E-state index is 12.1. The third kappa shape index (κ3) is 8.59. The largest absolute Gasteiger partial charge is 0.466 e. The van der Waals surface area contributed by atoms with Gasteiger partial charge >= 0.3 is 11.9 Å². The predicted octanol–water partition coefficient (Wildman–Crippen LogP) is 7.30. The number of unbranched alkanes of at least 4 members (excludes halogenated alkanes) is 1. The molecular formula is C38H32O4. The fourth-order valence-corrected chi connectivity index (χ4v) is 4.45. The highest BCUT2D eigenvalue weighted by molar-refractivity contribution is 6.04. The summed E-state index contributed by atoms with van der Waals surface area (Å²) in [5.74, 6) is 10.7. The Morgan fingerprint density at radius 1 is 0.571 bits per heavy atom. The van der Waals surface area contributed by atoms with Gasteiger partial charge in [0.2, 0.25) is 0 Å². The molecule has 0 heterocycles. The van der Waals surface area contributed by atoms with Crippen LogP contribution in [0.2, 0.25) is 0 Å². The Hall–Kier alpha value is -5.32.